The van der Waals surface area contributed by atoms with Gasteiger partial charge >= 0.3 is 0 Å². The summed E-state index contributed by atoms with van der Waals surface area (Å²) in [6.07, 6.45) is 4.10. The average molecular weight is 274 g/mol. The Kier molecular flexibility index (Phi) is 5.62. The first-order valence-corrected chi connectivity index (χ1v) is 8.10. The molecule has 1 heterocycles. The Labute approximate surface area is 124 Å². The monoisotopic (exact) mass is 274 g/mol. The van der Waals surface area contributed by atoms with Gasteiger partial charge in [0.1, 0.15) is 0 Å². The van der Waals surface area contributed by atoms with E-state index < -0.39 is 0 Å². The minimum Gasteiger partial charge on any atom is -0.312 e. The van der Waals surface area contributed by atoms with Gasteiger partial charge in [-0.3, -0.25) is 0 Å². The van der Waals surface area contributed by atoms with E-state index in [0.717, 1.165) is 12.5 Å². The predicted octanol–water partition coefficient (Wildman–Crippen LogP) is 3.69. The lowest BCUT2D eigenvalue weighted by atomic mass is 9.99. The number of aryl methyl sites for hydroxylation is 2. The molecule has 1 saturated heterocycles. The van der Waals surface area contributed by atoms with Gasteiger partial charge in [-0.15, -0.1) is 0 Å². The third-order valence-electron chi connectivity index (χ3n) is 4.66. The molecule has 112 valence electrons. The highest BCUT2D eigenvalue weighted by atomic mass is 15.2. The van der Waals surface area contributed by atoms with Crippen molar-refractivity contribution in [2.24, 2.45) is 5.92 Å². The molecule has 0 spiro atoms. The number of hydrogen-bond acceptors (Lipinski definition) is 2. The normalized spacial score (nSPS) is 21.3. The maximum absolute atomic E-state index is 3.51. The topological polar surface area (TPSA) is 15.3 Å². The van der Waals surface area contributed by atoms with Gasteiger partial charge in [0.2, 0.25) is 0 Å². The lowest BCUT2D eigenvalue weighted by molar-refractivity contribution is 0.285. The molecule has 20 heavy (non-hydrogen) atoms. The SMILES string of the molecule is CCCC1CCN(CC(NC)c2ccc(C)cc2C)C1. The summed E-state index contributed by atoms with van der Waals surface area (Å²) in [6.45, 7) is 10.4. The second-order valence-electron chi connectivity index (χ2n) is 6.40. The first-order valence-electron chi connectivity index (χ1n) is 8.10. The molecule has 2 heteroatoms. The molecular weight excluding hydrogens is 244 g/mol. The quantitative estimate of drug-likeness (QED) is 0.851. The van der Waals surface area contributed by atoms with Crippen LogP contribution in [0.25, 0.3) is 0 Å². The van der Waals surface area contributed by atoms with Crippen LogP contribution in [0.4, 0.5) is 0 Å². The van der Waals surface area contributed by atoms with Crippen LogP contribution in [-0.4, -0.2) is 31.6 Å². The van der Waals surface area contributed by atoms with E-state index in [-0.39, 0.29) is 0 Å². The number of benzene rings is 1. The third kappa shape index (κ3) is 3.83. The zero-order chi connectivity index (χ0) is 14.5. The van der Waals surface area contributed by atoms with Crippen LogP contribution >= 0.6 is 0 Å². The van der Waals surface area contributed by atoms with E-state index in [2.05, 4.69) is 56.2 Å². The van der Waals surface area contributed by atoms with Crippen LogP contribution in [0.5, 0.6) is 0 Å². The molecule has 1 aliphatic heterocycles. The molecule has 1 aromatic rings. The molecule has 1 aliphatic rings. The highest BCUT2D eigenvalue weighted by molar-refractivity contribution is 5.33. The summed E-state index contributed by atoms with van der Waals surface area (Å²) < 4.78 is 0. The first kappa shape index (κ1) is 15.5. The number of likely N-dealkylation sites (tertiary alicyclic amines) is 1. The van der Waals surface area contributed by atoms with Crippen LogP contribution in [0, 0.1) is 19.8 Å². The van der Waals surface area contributed by atoms with Gasteiger partial charge in [-0.05, 0) is 57.3 Å². The van der Waals surface area contributed by atoms with E-state index in [9.17, 15) is 0 Å². The van der Waals surface area contributed by atoms with Crippen LogP contribution < -0.4 is 5.32 Å². The van der Waals surface area contributed by atoms with Gasteiger partial charge < -0.3 is 10.2 Å². The molecule has 2 nitrogen and oxygen atoms in total. The van der Waals surface area contributed by atoms with Crippen LogP contribution in [0.2, 0.25) is 0 Å². The maximum atomic E-state index is 3.51. The summed E-state index contributed by atoms with van der Waals surface area (Å²) in [5.41, 5.74) is 4.22. The molecule has 1 aromatic carbocycles. The summed E-state index contributed by atoms with van der Waals surface area (Å²) in [5.74, 6) is 0.927. The lowest BCUT2D eigenvalue weighted by Crippen LogP contribution is -2.32. The van der Waals surface area contributed by atoms with Crippen molar-refractivity contribution in [2.45, 2.75) is 46.1 Å². The smallest absolute Gasteiger partial charge is 0.0449 e. The van der Waals surface area contributed by atoms with Gasteiger partial charge in [0.15, 0.2) is 0 Å². The van der Waals surface area contributed by atoms with Crippen molar-refractivity contribution >= 4 is 0 Å². The van der Waals surface area contributed by atoms with Crippen molar-refractivity contribution < 1.29 is 0 Å². The molecule has 0 amide bonds. The van der Waals surface area contributed by atoms with E-state index >= 15 is 0 Å². The largest absolute Gasteiger partial charge is 0.312 e. The fourth-order valence-corrected chi connectivity index (χ4v) is 3.54. The first-order chi connectivity index (χ1) is 9.63. The lowest BCUT2D eigenvalue weighted by Gasteiger charge is -2.25. The van der Waals surface area contributed by atoms with Gasteiger partial charge in [-0.2, -0.15) is 0 Å². The number of hydrogen-bond donors (Lipinski definition) is 1. The third-order valence-corrected chi connectivity index (χ3v) is 4.66. The fraction of sp³-hybridized carbons (Fsp3) is 0.667. The molecule has 0 aromatic heterocycles. The molecule has 1 fully saturated rings. The molecule has 0 radical (unpaired) electrons. The number of nitrogens with zero attached hydrogens (tertiary/aromatic N) is 1. The molecule has 2 rings (SSSR count). The van der Waals surface area contributed by atoms with E-state index in [1.165, 1.54) is 49.0 Å². The molecule has 0 saturated carbocycles. The minimum atomic E-state index is 0.455. The Bertz CT molecular complexity index is 427. The Hall–Kier alpha value is -0.860. The van der Waals surface area contributed by atoms with Gasteiger partial charge in [0.05, 0.1) is 0 Å². The second kappa shape index (κ2) is 7.24. The summed E-state index contributed by atoms with van der Waals surface area (Å²) in [6, 6.07) is 7.28. The van der Waals surface area contributed by atoms with E-state index in [1.807, 2.05) is 0 Å². The van der Waals surface area contributed by atoms with Crippen molar-refractivity contribution in [3.63, 3.8) is 0 Å². The molecule has 0 bridgehead atoms. The van der Waals surface area contributed by atoms with E-state index in [0.29, 0.717) is 6.04 Å². The van der Waals surface area contributed by atoms with Crippen LogP contribution in [0.15, 0.2) is 18.2 Å². The highest BCUT2D eigenvalue weighted by Crippen LogP contribution is 2.25. The van der Waals surface area contributed by atoms with Gasteiger partial charge in [0.25, 0.3) is 0 Å². The Morgan fingerprint density at radius 2 is 2.15 bits per heavy atom. The molecule has 1 N–H and O–H groups in total. The molecule has 2 atom stereocenters. The van der Waals surface area contributed by atoms with E-state index in [1.54, 1.807) is 0 Å². The molecule has 0 aliphatic carbocycles. The van der Waals surface area contributed by atoms with Crippen molar-refractivity contribution in [3.8, 4) is 0 Å². The number of nitrogens with one attached hydrogen (secondary N) is 1. The van der Waals surface area contributed by atoms with Crippen molar-refractivity contribution in [1.29, 1.82) is 0 Å². The van der Waals surface area contributed by atoms with Crippen LogP contribution in [-0.2, 0) is 0 Å². The molecule has 2 unspecified atom stereocenters. The summed E-state index contributed by atoms with van der Waals surface area (Å²) in [7, 11) is 2.09. The van der Waals surface area contributed by atoms with Crippen LogP contribution in [0.1, 0.15) is 48.9 Å². The highest BCUT2D eigenvalue weighted by Gasteiger charge is 2.24. The molecular formula is C18H30N2. The second-order valence-corrected chi connectivity index (χ2v) is 6.40. The average Bonchev–Trinajstić information content (AvgIpc) is 2.84. The van der Waals surface area contributed by atoms with Crippen LogP contribution in [0.3, 0.4) is 0 Å². The van der Waals surface area contributed by atoms with Gasteiger partial charge in [0, 0.05) is 19.1 Å². The van der Waals surface area contributed by atoms with Crippen molar-refractivity contribution in [2.75, 3.05) is 26.7 Å². The summed E-state index contributed by atoms with van der Waals surface area (Å²) >= 11 is 0. The minimum absolute atomic E-state index is 0.455. The zero-order valence-corrected chi connectivity index (χ0v) is 13.6. The Morgan fingerprint density at radius 1 is 1.35 bits per heavy atom. The van der Waals surface area contributed by atoms with Crippen molar-refractivity contribution in [3.05, 3.63) is 34.9 Å². The van der Waals surface area contributed by atoms with Crippen molar-refractivity contribution in [1.82, 2.24) is 10.2 Å². The number of likely N-dealkylation sites (N-methyl/N-ethyl adjacent to an activating group) is 1. The summed E-state index contributed by atoms with van der Waals surface area (Å²) in [4.78, 5) is 2.64. The summed E-state index contributed by atoms with van der Waals surface area (Å²) in [5, 5.41) is 3.51. The fourth-order valence-electron chi connectivity index (χ4n) is 3.54. The number of rotatable bonds is 6. The standard InChI is InChI=1S/C18H30N2/c1-5-6-16-9-10-20(12-16)13-18(19-4)17-8-7-14(2)11-15(17)3/h7-8,11,16,18-19H,5-6,9-10,12-13H2,1-4H3. The Morgan fingerprint density at radius 3 is 2.80 bits per heavy atom. The predicted molar refractivity (Wildman–Crippen MR) is 87.2 cm³/mol. The zero-order valence-electron chi connectivity index (χ0n) is 13.6. The van der Waals surface area contributed by atoms with E-state index in [4.69, 9.17) is 0 Å². The van der Waals surface area contributed by atoms with Gasteiger partial charge in [-0.25, -0.2) is 0 Å². The maximum Gasteiger partial charge on any atom is 0.0449 e. The van der Waals surface area contributed by atoms with Gasteiger partial charge in [-0.1, -0.05) is 37.1 Å². The Balaban J connectivity index is 1.99.